The van der Waals surface area contributed by atoms with Gasteiger partial charge in [0.15, 0.2) is 0 Å². The van der Waals surface area contributed by atoms with Crippen LogP contribution >= 0.6 is 0 Å². The number of hydrogen-bond acceptors (Lipinski definition) is 4. The van der Waals surface area contributed by atoms with E-state index in [4.69, 9.17) is 4.74 Å². The molecule has 0 aliphatic carbocycles. The minimum atomic E-state index is 0.0305. The summed E-state index contributed by atoms with van der Waals surface area (Å²) in [5, 5.41) is 3.37. The second-order valence-electron chi connectivity index (χ2n) is 4.82. The molecule has 5 nitrogen and oxygen atoms in total. The Morgan fingerprint density at radius 1 is 1.39 bits per heavy atom. The zero-order valence-corrected chi connectivity index (χ0v) is 10.4. The predicted molar refractivity (Wildman–Crippen MR) is 66.6 cm³/mol. The van der Waals surface area contributed by atoms with Crippen LogP contribution in [-0.4, -0.2) is 48.1 Å². The number of ether oxygens (including phenoxy) is 1. The zero-order valence-electron chi connectivity index (χ0n) is 10.4. The van der Waals surface area contributed by atoms with E-state index in [1.807, 2.05) is 11.0 Å². The third-order valence-electron chi connectivity index (χ3n) is 3.77. The molecule has 2 saturated heterocycles. The van der Waals surface area contributed by atoms with Gasteiger partial charge in [-0.15, -0.1) is 0 Å². The Morgan fingerprint density at radius 2 is 2.11 bits per heavy atom. The average Bonchev–Trinajstić information content (AvgIpc) is 2.67. The van der Waals surface area contributed by atoms with Gasteiger partial charge in [-0.3, -0.25) is 4.79 Å². The van der Waals surface area contributed by atoms with Gasteiger partial charge < -0.3 is 15.0 Å². The second-order valence-corrected chi connectivity index (χ2v) is 4.82. The maximum absolute atomic E-state index is 12.5. The van der Waals surface area contributed by atoms with Gasteiger partial charge in [0.1, 0.15) is 5.69 Å². The first-order chi connectivity index (χ1) is 8.79. The molecule has 5 heteroatoms. The Kier molecular flexibility index (Phi) is 2.91. The highest BCUT2D eigenvalue weighted by Gasteiger charge is 2.40. The third-order valence-corrected chi connectivity index (χ3v) is 3.77. The number of rotatable bonds is 2. The summed E-state index contributed by atoms with van der Waals surface area (Å²) in [4.78, 5) is 18.7. The van der Waals surface area contributed by atoms with Gasteiger partial charge in [-0.1, -0.05) is 6.07 Å². The van der Waals surface area contributed by atoms with Crippen molar-refractivity contribution in [2.75, 3.05) is 20.2 Å². The summed E-state index contributed by atoms with van der Waals surface area (Å²) in [6.07, 6.45) is 2.18. The van der Waals surface area contributed by atoms with E-state index < -0.39 is 0 Å². The lowest BCUT2D eigenvalue weighted by atomic mass is 10.2. The lowest BCUT2D eigenvalue weighted by molar-refractivity contribution is 0.0612. The molecule has 0 saturated carbocycles. The van der Waals surface area contributed by atoms with Crippen LogP contribution < -0.4 is 10.1 Å². The molecular formula is C13H17N3O2. The summed E-state index contributed by atoms with van der Waals surface area (Å²) < 4.78 is 5.07. The van der Waals surface area contributed by atoms with Crippen molar-refractivity contribution in [2.24, 2.45) is 0 Å². The summed E-state index contributed by atoms with van der Waals surface area (Å²) in [7, 11) is 1.56. The molecule has 2 aliphatic heterocycles. The number of carbonyl (C=O) groups excluding carboxylic acids is 1. The maximum Gasteiger partial charge on any atom is 0.273 e. The fourth-order valence-corrected chi connectivity index (χ4v) is 2.89. The van der Waals surface area contributed by atoms with E-state index in [1.54, 1.807) is 19.2 Å². The van der Waals surface area contributed by atoms with E-state index in [9.17, 15) is 4.79 Å². The quantitative estimate of drug-likeness (QED) is 0.834. The number of nitrogens with one attached hydrogen (secondary N) is 1. The second kappa shape index (κ2) is 4.57. The maximum atomic E-state index is 12.5. The van der Waals surface area contributed by atoms with Gasteiger partial charge in [0.05, 0.1) is 7.11 Å². The number of fused-ring (bicyclic) bond motifs is 2. The van der Waals surface area contributed by atoms with Crippen molar-refractivity contribution in [1.29, 1.82) is 0 Å². The largest absolute Gasteiger partial charge is 0.481 e. The van der Waals surface area contributed by atoms with Gasteiger partial charge in [-0.25, -0.2) is 4.98 Å². The first kappa shape index (κ1) is 11.5. The van der Waals surface area contributed by atoms with Crippen molar-refractivity contribution < 1.29 is 9.53 Å². The average molecular weight is 247 g/mol. The molecule has 0 spiro atoms. The van der Waals surface area contributed by atoms with E-state index in [0.29, 0.717) is 23.7 Å². The van der Waals surface area contributed by atoms with Crippen LogP contribution in [0, 0.1) is 0 Å². The summed E-state index contributed by atoms with van der Waals surface area (Å²) in [5.41, 5.74) is 0.480. The van der Waals surface area contributed by atoms with Gasteiger partial charge in [0, 0.05) is 31.2 Å². The topological polar surface area (TPSA) is 54.5 Å². The van der Waals surface area contributed by atoms with Crippen LogP contribution in [0.5, 0.6) is 5.88 Å². The van der Waals surface area contributed by atoms with Crippen LogP contribution in [0.1, 0.15) is 23.3 Å². The van der Waals surface area contributed by atoms with Crippen LogP contribution in [-0.2, 0) is 0 Å². The molecule has 2 fully saturated rings. The van der Waals surface area contributed by atoms with Crippen molar-refractivity contribution in [3.05, 3.63) is 23.9 Å². The number of hydrogen-bond donors (Lipinski definition) is 1. The fraction of sp³-hybridized carbons (Fsp3) is 0.538. The van der Waals surface area contributed by atoms with Crippen LogP contribution in [0.25, 0.3) is 0 Å². The third kappa shape index (κ3) is 1.84. The van der Waals surface area contributed by atoms with Crippen molar-refractivity contribution in [3.8, 4) is 5.88 Å². The van der Waals surface area contributed by atoms with E-state index >= 15 is 0 Å². The molecule has 96 valence electrons. The Balaban J connectivity index is 1.85. The molecule has 1 amide bonds. The Morgan fingerprint density at radius 3 is 2.78 bits per heavy atom. The van der Waals surface area contributed by atoms with Crippen molar-refractivity contribution >= 4 is 5.91 Å². The molecule has 2 bridgehead atoms. The van der Waals surface area contributed by atoms with E-state index in [2.05, 4.69) is 10.3 Å². The van der Waals surface area contributed by atoms with E-state index in [1.165, 1.54) is 0 Å². The minimum absolute atomic E-state index is 0.0305. The molecule has 1 aromatic heterocycles. The molecule has 0 radical (unpaired) electrons. The van der Waals surface area contributed by atoms with Crippen molar-refractivity contribution in [3.63, 3.8) is 0 Å². The predicted octanol–water partition coefficient (Wildman–Crippen LogP) is 0.667. The smallest absolute Gasteiger partial charge is 0.273 e. The standard InChI is InChI=1S/C13H17N3O2/c1-18-12-4-2-3-11(15-12)13(17)16-9-5-6-10(16)8-14-7-9/h2-4,9-10,14H,5-8H2,1H3. The summed E-state index contributed by atoms with van der Waals surface area (Å²) in [6.45, 7) is 1.79. The lowest BCUT2D eigenvalue weighted by Gasteiger charge is -2.35. The van der Waals surface area contributed by atoms with Gasteiger partial charge in [-0.2, -0.15) is 0 Å². The number of aromatic nitrogens is 1. The van der Waals surface area contributed by atoms with Gasteiger partial charge in [-0.05, 0) is 18.9 Å². The first-order valence-electron chi connectivity index (χ1n) is 6.34. The molecule has 2 aliphatic rings. The van der Waals surface area contributed by atoms with Crippen molar-refractivity contribution in [2.45, 2.75) is 24.9 Å². The molecule has 2 unspecified atom stereocenters. The summed E-state index contributed by atoms with van der Waals surface area (Å²) >= 11 is 0. The molecule has 1 aromatic rings. The lowest BCUT2D eigenvalue weighted by Crippen LogP contribution is -2.54. The normalized spacial score (nSPS) is 26.2. The Hall–Kier alpha value is -1.62. The SMILES string of the molecule is COc1cccc(C(=O)N2C3CCC2CNC3)n1. The van der Waals surface area contributed by atoms with Gasteiger partial charge in [0.25, 0.3) is 5.91 Å². The Bertz CT molecular complexity index is 447. The summed E-state index contributed by atoms with van der Waals surface area (Å²) in [6, 6.07) is 5.96. The fourth-order valence-electron chi connectivity index (χ4n) is 2.89. The van der Waals surface area contributed by atoms with Crippen LogP contribution in [0.4, 0.5) is 0 Å². The summed E-state index contributed by atoms with van der Waals surface area (Å²) in [5.74, 6) is 0.520. The van der Waals surface area contributed by atoms with Gasteiger partial charge >= 0.3 is 0 Å². The number of methoxy groups -OCH3 is 1. The van der Waals surface area contributed by atoms with Crippen LogP contribution in [0.15, 0.2) is 18.2 Å². The number of piperazine rings is 1. The zero-order chi connectivity index (χ0) is 12.5. The molecule has 1 N–H and O–H groups in total. The van der Waals surface area contributed by atoms with Gasteiger partial charge in [0.2, 0.25) is 5.88 Å². The molecule has 2 atom stereocenters. The van der Waals surface area contributed by atoms with Crippen LogP contribution in [0.2, 0.25) is 0 Å². The number of pyridine rings is 1. The number of amides is 1. The Labute approximate surface area is 106 Å². The van der Waals surface area contributed by atoms with E-state index in [-0.39, 0.29) is 5.91 Å². The monoisotopic (exact) mass is 247 g/mol. The molecular weight excluding hydrogens is 230 g/mol. The first-order valence-corrected chi connectivity index (χ1v) is 6.34. The minimum Gasteiger partial charge on any atom is -0.481 e. The number of carbonyl (C=O) groups is 1. The highest BCUT2D eigenvalue weighted by Crippen LogP contribution is 2.28. The molecule has 3 heterocycles. The molecule has 3 rings (SSSR count). The highest BCUT2D eigenvalue weighted by molar-refractivity contribution is 5.93. The van der Waals surface area contributed by atoms with Crippen molar-refractivity contribution in [1.82, 2.24) is 15.2 Å². The molecule has 18 heavy (non-hydrogen) atoms. The van der Waals surface area contributed by atoms with Crippen LogP contribution in [0.3, 0.4) is 0 Å². The highest BCUT2D eigenvalue weighted by atomic mass is 16.5. The number of nitrogens with zero attached hydrogens (tertiary/aromatic N) is 2. The van der Waals surface area contributed by atoms with E-state index in [0.717, 1.165) is 25.9 Å². The molecule has 0 aromatic carbocycles.